The SMILES string of the molecule is C[C@](O)(c1cnc(N2CCN(S(=O)(=O)c3ccc(N)nc3)CC2C#CCO)nc1)C(F)(F)F. The molecule has 14 heteroatoms. The Hall–Kier alpha value is -2.99. The van der Waals surface area contributed by atoms with Crippen LogP contribution >= 0.6 is 0 Å². The van der Waals surface area contributed by atoms with Crippen LogP contribution in [0, 0.1) is 11.8 Å². The summed E-state index contributed by atoms with van der Waals surface area (Å²) in [6.45, 7) is 0.0751. The molecule has 0 aliphatic carbocycles. The molecule has 1 saturated heterocycles. The number of nitrogens with two attached hydrogens (primary N) is 1. The lowest BCUT2D eigenvalue weighted by atomic mass is 9.99. The molecule has 1 aliphatic heterocycles. The van der Waals surface area contributed by atoms with Crippen LogP contribution in [0.3, 0.4) is 0 Å². The van der Waals surface area contributed by atoms with E-state index in [0.717, 1.165) is 18.6 Å². The number of hydrogen-bond acceptors (Lipinski definition) is 9. The lowest BCUT2D eigenvalue weighted by Gasteiger charge is -2.38. The lowest BCUT2D eigenvalue weighted by molar-refractivity contribution is -0.259. The zero-order valence-electron chi connectivity index (χ0n) is 17.4. The van der Waals surface area contributed by atoms with Gasteiger partial charge in [-0.15, -0.1) is 0 Å². The Morgan fingerprint density at radius 1 is 1.18 bits per heavy atom. The Morgan fingerprint density at radius 3 is 2.39 bits per heavy atom. The van der Waals surface area contributed by atoms with Crippen molar-refractivity contribution in [3.05, 3.63) is 36.3 Å². The minimum absolute atomic E-state index is 0.000151. The van der Waals surface area contributed by atoms with Crippen LogP contribution in [-0.2, 0) is 15.6 Å². The van der Waals surface area contributed by atoms with Gasteiger partial charge in [-0.3, -0.25) is 0 Å². The van der Waals surface area contributed by atoms with E-state index >= 15 is 0 Å². The molecular formula is C19H21F3N6O4S. The molecule has 1 aliphatic rings. The molecule has 0 aromatic carbocycles. The predicted molar refractivity (Wildman–Crippen MR) is 111 cm³/mol. The molecule has 10 nitrogen and oxygen atoms in total. The number of anilines is 2. The fourth-order valence-electron chi connectivity index (χ4n) is 3.08. The molecule has 0 amide bonds. The molecule has 2 aromatic heterocycles. The molecule has 4 N–H and O–H groups in total. The molecule has 2 aromatic rings. The molecule has 0 spiro atoms. The molecule has 33 heavy (non-hydrogen) atoms. The quantitative estimate of drug-likeness (QED) is 0.512. The van der Waals surface area contributed by atoms with Crippen LogP contribution in [0.2, 0.25) is 0 Å². The average Bonchev–Trinajstić information content (AvgIpc) is 2.77. The maximum atomic E-state index is 13.1. The number of aliphatic hydroxyl groups is 2. The van der Waals surface area contributed by atoms with Crippen LogP contribution in [0.1, 0.15) is 12.5 Å². The van der Waals surface area contributed by atoms with Crippen molar-refractivity contribution < 1.29 is 31.8 Å². The van der Waals surface area contributed by atoms with E-state index in [9.17, 15) is 26.7 Å². The smallest absolute Gasteiger partial charge is 0.384 e. The summed E-state index contributed by atoms with van der Waals surface area (Å²) in [4.78, 5) is 13.1. The minimum atomic E-state index is -4.93. The first-order chi connectivity index (χ1) is 15.4. The highest BCUT2D eigenvalue weighted by Gasteiger charge is 2.51. The van der Waals surface area contributed by atoms with E-state index < -0.39 is 40.0 Å². The topological polar surface area (TPSA) is 146 Å². The van der Waals surface area contributed by atoms with Crippen LogP contribution in [0.4, 0.5) is 24.9 Å². The van der Waals surface area contributed by atoms with E-state index in [1.807, 2.05) is 0 Å². The number of aliphatic hydroxyl groups excluding tert-OH is 1. The van der Waals surface area contributed by atoms with Crippen molar-refractivity contribution in [3.63, 3.8) is 0 Å². The first kappa shape index (κ1) is 24.6. The molecule has 178 valence electrons. The summed E-state index contributed by atoms with van der Waals surface area (Å²) >= 11 is 0. The second kappa shape index (κ2) is 9.10. The molecular weight excluding hydrogens is 465 g/mol. The Labute approximate surface area is 187 Å². The predicted octanol–water partition coefficient (Wildman–Crippen LogP) is 0.0988. The summed E-state index contributed by atoms with van der Waals surface area (Å²) in [5.41, 5.74) is 1.82. The number of aromatic nitrogens is 3. The monoisotopic (exact) mass is 486 g/mol. The number of nitrogens with zero attached hydrogens (tertiary/aromatic N) is 5. The maximum absolute atomic E-state index is 13.1. The number of piperazine rings is 1. The van der Waals surface area contributed by atoms with Gasteiger partial charge in [0.25, 0.3) is 0 Å². The molecule has 3 rings (SSSR count). The Balaban J connectivity index is 1.87. The van der Waals surface area contributed by atoms with Gasteiger partial charge in [0.1, 0.15) is 23.4 Å². The molecule has 0 saturated carbocycles. The zero-order valence-corrected chi connectivity index (χ0v) is 18.2. The number of nitrogen functional groups attached to an aromatic ring is 1. The van der Waals surface area contributed by atoms with E-state index in [2.05, 4.69) is 26.8 Å². The summed E-state index contributed by atoms with van der Waals surface area (Å²) in [5, 5.41) is 18.9. The van der Waals surface area contributed by atoms with Gasteiger partial charge in [-0.05, 0) is 19.1 Å². The van der Waals surface area contributed by atoms with Crippen molar-refractivity contribution in [1.82, 2.24) is 19.3 Å². The highest BCUT2D eigenvalue weighted by Crippen LogP contribution is 2.38. The second-order valence-electron chi connectivity index (χ2n) is 7.31. The van der Waals surface area contributed by atoms with Gasteiger partial charge in [-0.25, -0.2) is 23.4 Å². The van der Waals surface area contributed by atoms with Gasteiger partial charge in [0.05, 0.1) is 0 Å². The third-order valence-electron chi connectivity index (χ3n) is 5.10. The number of hydrogen-bond donors (Lipinski definition) is 3. The summed E-state index contributed by atoms with van der Waals surface area (Å²) in [7, 11) is -3.93. The Morgan fingerprint density at radius 2 is 1.85 bits per heavy atom. The minimum Gasteiger partial charge on any atom is -0.384 e. The van der Waals surface area contributed by atoms with Crippen LogP contribution in [0.15, 0.2) is 35.6 Å². The van der Waals surface area contributed by atoms with Crippen molar-refractivity contribution in [3.8, 4) is 11.8 Å². The van der Waals surface area contributed by atoms with Crippen molar-refractivity contribution in [2.24, 2.45) is 0 Å². The number of alkyl halides is 3. The van der Waals surface area contributed by atoms with Crippen molar-refractivity contribution in [2.75, 3.05) is 36.9 Å². The van der Waals surface area contributed by atoms with Gasteiger partial charge in [-0.2, -0.15) is 17.5 Å². The fraction of sp³-hybridized carbons (Fsp3) is 0.421. The molecule has 0 radical (unpaired) electrons. The van der Waals surface area contributed by atoms with E-state index in [1.165, 1.54) is 21.3 Å². The third kappa shape index (κ3) is 5.01. The van der Waals surface area contributed by atoms with E-state index in [-0.39, 0.29) is 36.3 Å². The Kier molecular flexibility index (Phi) is 6.80. The fourth-order valence-corrected chi connectivity index (χ4v) is 4.46. The molecule has 1 unspecified atom stereocenters. The molecule has 3 heterocycles. The van der Waals surface area contributed by atoms with Crippen molar-refractivity contribution in [1.29, 1.82) is 0 Å². The number of rotatable bonds is 4. The maximum Gasteiger partial charge on any atom is 0.421 e. The van der Waals surface area contributed by atoms with Crippen LogP contribution in [0.5, 0.6) is 0 Å². The molecule has 0 bridgehead atoms. The normalized spacial score (nSPS) is 19.5. The third-order valence-corrected chi connectivity index (χ3v) is 6.95. The van der Waals surface area contributed by atoms with E-state index in [1.54, 1.807) is 0 Å². The highest BCUT2D eigenvalue weighted by atomic mass is 32.2. The largest absolute Gasteiger partial charge is 0.421 e. The van der Waals surface area contributed by atoms with Crippen molar-refractivity contribution in [2.45, 2.75) is 29.6 Å². The van der Waals surface area contributed by atoms with Crippen LogP contribution in [-0.4, -0.2) is 76.3 Å². The van der Waals surface area contributed by atoms with Crippen molar-refractivity contribution >= 4 is 21.8 Å². The number of sulfonamides is 1. The van der Waals surface area contributed by atoms with E-state index in [0.29, 0.717) is 6.92 Å². The number of halogens is 3. The zero-order chi connectivity index (χ0) is 24.4. The summed E-state index contributed by atoms with van der Waals surface area (Å²) in [6.07, 6.45) is -2.07. The highest BCUT2D eigenvalue weighted by molar-refractivity contribution is 7.89. The number of pyridine rings is 1. The first-order valence-corrected chi connectivity index (χ1v) is 11.0. The molecule has 2 atom stereocenters. The van der Waals surface area contributed by atoms with Crippen LogP contribution < -0.4 is 10.6 Å². The molecule has 1 fully saturated rings. The van der Waals surface area contributed by atoms with Gasteiger partial charge in [0.15, 0.2) is 5.60 Å². The van der Waals surface area contributed by atoms with Gasteiger partial charge < -0.3 is 20.8 Å². The summed E-state index contributed by atoms with van der Waals surface area (Å²) < 4.78 is 66.3. The van der Waals surface area contributed by atoms with Gasteiger partial charge in [0, 0.05) is 43.8 Å². The Bertz CT molecular complexity index is 1150. The first-order valence-electron chi connectivity index (χ1n) is 9.57. The summed E-state index contributed by atoms with van der Waals surface area (Å²) in [6, 6.07) is 1.89. The lowest BCUT2D eigenvalue weighted by Crippen LogP contribution is -2.55. The van der Waals surface area contributed by atoms with Crippen LogP contribution in [0.25, 0.3) is 0 Å². The summed E-state index contributed by atoms with van der Waals surface area (Å²) in [5.74, 6) is 5.35. The van der Waals surface area contributed by atoms with E-state index in [4.69, 9.17) is 10.8 Å². The standard InChI is InChI=1S/C19H21F3N6O4S/c1-18(30,19(20,21)22)13-9-25-17(26-10-13)28-7-6-27(12-14(28)3-2-8-29)33(31,32)15-4-5-16(23)24-11-15/h4-5,9-11,14,29-30H,6-8,12H2,1H3,(H2,23,24)/t14?,18-/m0/s1. The van der Waals surface area contributed by atoms with Gasteiger partial charge in [-0.1, -0.05) is 11.8 Å². The second-order valence-corrected chi connectivity index (χ2v) is 9.25. The van der Waals surface area contributed by atoms with Gasteiger partial charge in [0.2, 0.25) is 16.0 Å². The average molecular weight is 486 g/mol. The van der Waals surface area contributed by atoms with Gasteiger partial charge >= 0.3 is 6.18 Å².